The van der Waals surface area contributed by atoms with Crippen LogP contribution in [0.15, 0.2) is 45.5 Å². The van der Waals surface area contributed by atoms with Gasteiger partial charge in [-0.05, 0) is 36.4 Å². The molecule has 0 aliphatic heterocycles. The molecule has 0 radical (unpaired) electrons. The normalized spacial score (nSPS) is 12.8. The molecule has 0 amide bonds. The van der Waals surface area contributed by atoms with Crippen molar-refractivity contribution in [3.05, 3.63) is 57.4 Å². The highest BCUT2D eigenvalue weighted by atomic mass is 79.9. The van der Waals surface area contributed by atoms with Gasteiger partial charge < -0.3 is 10.2 Å². The average molecular weight is 358 g/mol. The summed E-state index contributed by atoms with van der Waals surface area (Å²) in [6.45, 7) is 4.21. The van der Waals surface area contributed by atoms with Crippen LogP contribution in [-0.4, -0.2) is 18.0 Å². The summed E-state index contributed by atoms with van der Waals surface area (Å²) >= 11 is 9.78. The summed E-state index contributed by atoms with van der Waals surface area (Å²) in [5.41, 5.74) is 7.02. The molecule has 1 unspecified atom stereocenters. The summed E-state index contributed by atoms with van der Waals surface area (Å²) in [6.07, 6.45) is 1.69. The SMILES string of the molecule is CCN(Cc1ccco1)C(CN)c1ccc(Br)cc1Cl. The van der Waals surface area contributed by atoms with Crippen LogP contribution in [0, 0.1) is 0 Å². The Hall–Kier alpha value is -0.810. The van der Waals surface area contributed by atoms with E-state index in [2.05, 4.69) is 27.8 Å². The summed E-state index contributed by atoms with van der Waals surface area (Å²) in [5, 5.41) is 0.729. The molecule has 0 aliphatic carbocycles. The number of likely N-dealkylation sites (N-methyl/N-ethyl adjacent to an activating group) is 1. The van der Waals surface area contributed by atoms with Crippen molar-refractivity contribution in [1.29, 1.82) is 0 Å². The fraction of sp³-hybridized carbons (Fsp3) is 0.333. The van der Waals surface area contributed by atoms with E-state index in [1.807, 2.05) is 30.3 Å². The van der Waals surface area contributed by atoms with Crippen LogP contribution in [0.25, 0.3) is 0 Å². The van der Waals surface area contributed by atoms with E-state index in [-0.39, 0.29) is 6.04 Å². The zero-order valence-electron chi connectivity index (χ0n) is 11.4. The highest BCUT2D eigenvalue weighted by Crippen LogP contribution is 2.30. The number of rotatable bonds is 6. The monoisotopic (exact) mass is 356 g/mol. The molecule has 0 saturated carbocycles. The Kier molecular flexibility index (Phi) is 5.66. The van der Waals surface area contributed by atoms with E-state index in [4.69, 9.17) is 21.8 Å². The lowest BCUT2D eigenvalue weighted by Crippen LogP contribution is -2.33. The van der Waals surface area contributed by atoms with E-state index in [9.17, 15) is 0 Å². The van der Waals surface area contributed by atoms with Gasteiger partial charge in [-0.1, -0.05) is 40.5 Å². The largest absolute Gasteiger partial charge is 0.468 e. The Balaban J connectivity index is 2.24. The fourth-order valence-electron chi connectivity index (χ4n) is 2.29. The Bertz CT molecular complexity index is 545. The first-order valence-electron chi connectivity index (χ1n) is 6.57. The number of furan rings is 1. The van der Waals surface area contributed by atoms with Gasteiger partial charge in [0.25, 0.3) is 0 Å². The van der Waals surface area contributed by atoms with Gasteiger partial charge in [0.1, 0.15) is 5.76 Å². The van der Waals surface area contributed by atoms with E-state index in [0.717, 1.165) is 33.9 Å². The third kappa shape index (κ3) is 3.64. The van der Waals surface area contributed by atoms with Crippen molar-refractivity contribution in [2.24, 2.45) is 5.73 Å². The molecule has 1 heterocycles. The first-order chi connectivity index (χ1) is 9.65. The van der Waals surface area contributed by atoms with Gasteiger partial charge in [0.05, 0.1) is 12.8 Å². The Morgan fingerprint density at radius 1 is 1.40 bits per heavy atom. The molecule has 0 fully saturated rings. The van der Waals surface area contributed by atoms with Crippen molar-refractivity contribution < 1.29 is 4.42 Å². The number of halogens is 2. The van der Waals surface area contributed by atoms with Crippen molar-refractivity contribution in [3.8, 4) is 0 Å². The molecule has 0 saturated heterocycles. The zero-order valence-corrected chi connectivity index (χ0v) is 13.7. The topological polar surface area (TPSA) is 42.4 Å². The minimum absolute atomic E-state index is 0.0747. The van der Waals surface area contributed by atoms with Crippen LogP contribution in [0.3, 0.4) is 0 Å². The molecule has 5 heteroatoms. The molecule has 2 rings (SSSR count). The van der Waals surface area contributed by atoms with Crippen LogP contribution in [0.5, 0.6) is 0 Å². The van der Waals surface area contributed by atoms with Crippen molar-refractivity contribution in [2.45, 2.75) is 19.5 Å². The predicted molar refractivity (Wildman–Crippen MR) is 85.7 cm³/mol. The van der Waals surface area contributed by atoms with Gasteiger partial charge >= 0.3 is 0 Å². The van der Waals surface area contributed by atoms with Gasteiger partial charge in [-0.25, -0.2) is 0 Å². The maximum Gasteiger partial charge on any atom is 0.117 e. The zero-order chi connectivity index (χ0) is 14.5. The van der Waals surface area contributed by atoms with Gasteiger partial charge in [0, 0.05) is 22.1 Å². The number of benzene rings is 1. The van der Waals surface area contributed by atoms with Crippen molar-refractivity contribution in [2.75, 3.05) is 13.1 Å². The highest BCUT2D eigenvalue weighted by Gasteiger charge is 2.21. The van der Waals surface area contributed by atoms with E-state index >= 15 is 0 Å². The lowest BCUT2D eigenvalue weighted by Gasteiger charge is -2.30. The first-order valence-corrected chi connectivity index (χ1v) is 7.74. The third-order valence-corrected chi connectivity index (χ3v) is 4.15. The van der Waals surface area contributed by atoms with Crippen LogP contribution in [0.1, 0.15) is 24.3 Å². The van der Waals surface area contributed by atoms with E-state index < -0.39 is 0 Å². The van der Waals surface area contributed by atoms with Crippen LogP contribution in [0.2, 0.25) is 5.02 Å². The standard InChI is InChI=1S/C15H18BrClN2O/c1-2-19(10-12-4-3-7-20-12)15(9-18)13-6-5-11(16)8-14(13)17/h3-8,15H,2,9-10,18H2,1H3. The Labute approximate surface area is 132 Å². The second-order valence-corrected chi connectivity index (χ2v) is 5.88. The van der Waals surface area contributed by atoms with Crippen LogP contribution in [-0.2, 0) is 6.54 Å². The Morgan fingerprint density at radius 3 is 2.75 bits per heavy atom. The predicted octanol–water partition coefficient (Wildman–Crippen LogP) is 4.22. The molecule has 0 aliphatic rings. The van der Waals surface area contributed by atoms with Crippen LogP contribution >= 0.6 is 27.5 Å². The van der Waals surface area contributed by atoms with Gasteiger partial charge in [0.15, 0.2) is 0 Å². The van der Waals surface area contributed by atoms with Crippen LogP contribution in [0.4, 0.5) is 0 Å². The van der Waals surface area contributed by atoms with Crippen molar-refractivity contribution in [3.63, 3.8) is 0 Å². The molecule has 0 spiro atoms. The molecular weight excluding hydrogens is 340 g/mol. The highest BCUT2D eigenvalue weighted by molar-refractivity contribution is 9.10. The number of hydrogen-bond acceptors (Lipinski definition) is 3. The average Bonchev–Trinajstić information content (AvgIpc) is 2.93. The lowest BCUT2D eigenvalue weighted by molar-refractivity contribution is 0.188. The summed E-state index contributed by atoms with van der Waals surface area (Å²) < 4.78 is 6.39. The molecule has 1 atom stereocenters. The molecule has 2 N–H and O–H groups in total. The van der Waals surface area contributed by atoms with E-state index in [0.29, 0.717) is 6.54 Å². The molecular formula is C15H18BrClN2O. The van der Waals surface area contributed by atoms with E-state index in [1.165, 1.54) is 0 Å². The number of nitrogens with two attached hydrogens (primary N) is 1. The molecule has 1 aromatic carbocycles. The van der Waals surface area contributed by atoms with Gasteiger partial charge in [-0.3, -0.25) is 4.90 Å². The molecule has 108 valence electrons. The summed E-state index contributed by atoms with van der Waals surface area (Å²) in [7, 11) is 0. The summed E-state index contributed by atoms with van der Waals surface area (Å²) in [6, 6.07) is 9.86. The maximum atomic E-state index is 6.35. The summed E-state index contributed by atoms with van der Waals surface area (Å²) in [4.78, 5) is 2.26. The minimum Gasteiger partial charge on any atom is -0.468 e. The molecule has 20 heavy (non-hydrogen) atoms. The fourth-order valence-corrected chi connectivity index (χ4v) is 3.09. The quantitative estimate of drug-likeness (QED) is 0.842. The second kappa shape index (κ2) is 7.27. The van der Waals surface area contributed by atoms with E-state index in [1.54, 1.807) is 6.26 Å². The molecule has 0 bridgehead atoms. The third-order valence-electron chi connectivity index (χ3n) is 3.33. The van der Waals surface area contributed by atoms with Crippen molar-refractivity contribution in [1.82, 2.24) is 4.90 Å². The maximum absolute atomic E-state index is 6.35. The smallest absolute Gasteiger partial charge is 0.117 e. The number of hydrogen-bond donors (Lipinski definition) is 1. The number of nitrogens with zero attached hydrogens (tertiary/aromatic N) is 1. The first kappa shape index (κ1) is 15.6. The lowest BCUT2D eigenvalue weighted by atomic mass is 10.0. The minimum atomic E-state index is 0.0747. The van der Waals surface area contributed by atoms with Crippen molar-refractivity contribution >= 4 is 27.5 Å². The van der Waals surface area contributed by atoms with Crippen LogP contribution < -0.4 is 5.73 Å². The second-order valence-electron chi connectivity index (χ2n) is 4.56. The Morgan fingerprint density at radius 2 is 2.20 bits per heavy atom. The summed E-state index contributed by atoms with van der Waals surface area (Å²) in [5.74, 6) is 0.929. The molecule has 1 aromatic heterocycles. The molecule has 3 nitrogen and oxygen atoms in total. The van der Waals surface area contributed by atoms with Gasteiger partial charge in [-0.15, -0.1) is 0 Å². The molecule has 2 aromatic rings. The van der Waals surface area contributed by atoms with Gasteiger partial charge in [-0.2, -0.15) is 0 Å². The van der Waals surface area contributed by atoms with Gasteiger partial charge in [0.2, 0.25) is 0 Å².